The first kappa shape index (κ1) is 18.3. The van der Waals surface area contributed by atoms with Gasteiger partial charge in [0.05, 0.1) is 0 Å². The van der Waals surface area contributed by atoms with Gasteiger partial charge in [0, 0.05) is 37.0 Å². The molecule has 0 aliphatic carbocycles. The number of piperidine rings is 1. The second-order valence-corrected chi connectivity index (χ2v) is 7.59. The lowest BCUT2D eigenvalue weighted by Gasteiger charge is -2.29. The van der Waals surface area contributed by atoms with Gasteiger partial charge in [0.25, 0.3) is 5.91 Å². The number of rotatable bonds is 2. The number of urea groups is 1. The average molecular weight is 405 g/mol. The summed E-state index contributed by atoms with van der Waals surface area (Å²) in [6.07, 6.45) is 2.95. The van der Waals surface area contributed by atoms with Crippen LogP contribution in [0.2, 0.25) is 0 Å². The van der Waals surface area contributed by atoms with Crippen molar-refractivity contribution in [2.45, 2.75) is 31.8 Å². The number of anilines is 2. The van der Waals surface area contributed by atoms with Crippen molar-refractivity contribution >= 4 is 35.3 Å². The molecular formula is C21H19N5O4. The van der Waals surface area contributed by atoms with E-state index in [2.05, 4.69) is 15.6 Å². The summed E-state index contributed by atoms with van der Waals surface area (Å²) in [5.41, 5.74) is 2.85. The highest BCUT2D eigenvalue weighted by Gasteiger charge is 2.39. The molecule has 3 aliphatic rings. The minimum atomic E-state index is -0.659. The van der Waals surface area contributed by atoms with Crippen LogP contribution in [0, 0.1) is 0 Å². The number of fused-ring (bicyclic) bond motifs is 2. The van der Waals surface area contributed by atoms with Crippen molar-refractivity contribution in [1.82, 2.24) is 15.2 Å². The van der Waals surface area contributed by atoms with Gasteiger partial charge in [0.1, 0.15) is 11.9 Å². The molecule has 2 N–H and O–H groups in total. The van der Waals surface area contributed by atoms with E-state index in [-0.39, 0.29) is 30.8 Å². The number of nitrogens with one attached hydrogen (secondary N) is 2. The number of hydrogen-bond acceptors (Lipinski definition) is 5. The average Bonchev–Trinajstić information content (AvgIpc) is 3.29. The summed E-state index contributed by atoms with van der Waals surface area (Å²) < 4.78 is 0. The lowest BCUT2D eigenvalue weighted by atomic mass is 10.0. The van der Waals surface area contributed by atoms with Crippen molar-refractivity contribution in [2.24, 2.45) is 0 Å². The van der Waals surface area contributed by atoms with Crippen LogP contribution in [-0.2, 0) is 22.6 Å². The summed E-state index contributed by atoms with van der Waals surface area (Å²) >= 11 is 0. The normalized spacial score (nSPS) is 20.1. The van der Waals surface area contributed by atoms with E-state index in [1.165, 1.54) is 4.90 Å². The Morgan fingerprint density at radius 2 is 2.00 bits per heavy atom. The number of carbonyl (C=O) groups is 4. The molecule has 0 radical (unpaired) electrons. The quantitative estimate of drug-likeness (QED) is 0.735. The second kappa shape index (κ2) is 6.94. The van der Waals surface area contributed by atoms with E-state index in [1.54, 1.807) is 29.3 Å². The van der Waals surface area contributed by atoms with Gasteiger partial charge in [0.2, 0.25) is 11.8 Å². The number of pyridine rings is 1. The van der Waals surface area contributed by atoms with Gasteiger partial charge in [-0.15, -0.1) is 0 Å². The Bertz CT molecular complexity index is 1100. The summed E-state index contributed by atoms with van der Waals surface area (Å²) in [5.74, 6) is -0.338. The number of carbonyl (C=O) groups excluding carboxylic acids is 4. The van der Waals surface area contributed by atoms with Crippen LogP contribution in [0.3, 0.4) is 0 Å². The highest BCUT2D eigenvalue weighted by atomic mass is 16.2. The Kier molecular flexibility index (Phi) is 4.23. The zero-order chi connectivity index (χ0) is 20.8. The van der Waals surface area contributed by atoms with Crippen molar-refractivity contribution in [3.8, 4) is 0 Å². The molecule has 152 valence electrons. The van der Waals surface area contributed by atoms with Gasteiger partial charge < -0.3 is 10.2 Å². The molecule has 5 amide bonds. The van der Waals surface area contributed by atoms with Gasteiger partial charge >= 0.3 is 6.03 Å². The van der Waals surface area contributed by atoms with Crippen LogP contribution < -0.4 is 15.5 Å². The van der Waals surface area contributed by atoms with Crippen molar-refractivity contribution in [3.05, 3.63) is 53.2 Å². The van der Waals surface area contributed by atoms with Gasteiger partial charge in [0.15, 0.2) is 0 Å². The van der Waals surface area contributed by atoms with Gasteiger partial charge in [-0.3, -0.25) is 24.6 Å². The maximum Gasteiger partial charge on any atom is 0.327 e. The van der Waals surface area contributed by atoms with E-state index in [0.717, 1.165) is 17.5 Å². The van der Waals surface area contributed by atoms with Crippen LogP contribution in [0.25, 0.3) is 0 Å². The van der Waals surface area contributed by atoms with E-state index in [0.29, 0.717) is 30.0 Å². The molecule has 3 aliphatic heterocycles. The highest BCUT2D eigenvalue weighted by Crippen LogP contribution is 2.30. The molecule has 30 heavy (non-hydrogen) atoms. The summed E-state index contributed by atoms with van der Waals surface area (Å²) in [6, 6.07) is 7.97. The van der Waals surface area contributed by atoms with E-state index in [4.69, 9.17) is 0 Å². The first-order valence-electron chi connectivity index (χ1n) is 9.81. The van der Waals surface area contributed by atoms with Gasteiger partial charge in [-0.05, 0) is 48.2 Å². The Morgan fingerprint density at radius 1 is 1.13 bits per heavy atom. The zero-order valence-corrected chi connectivity index (χ0v) is 16.1. The van der Waals surface area contributed by atoms with Gasteiger partial charge in [-0.25, -0.2) is 9.78 Å². The third-order valence-electron chi connectivity index (χ3n) is 5.75. The predicted molar refractivity (Wildman–Crippen MR) is 107 cm³/mol. The number of hydrogen-bond donors (Lipinski definition) is 2. The predicted octanol–water partition coefficient (Wildman–Crippen LogP) is 1.44. The summed E-state index contributed by atoms with van der Waals surface area (Å²) in [5, 5.41) is 5.16. The van der Waals surface area contributed by atoms with Crippen molar-refractivity contribution in [3.63, 3.8) is 0 Å². The Labute approximate surface area is 172 Å². The van der Waals surface area contributed by atoms with Crippen LogP contribution in [0.5, 0.6) is 0 Å². The molecule has 1 unspecified atom stereocenters. The maximum atomic E-state index is 12.8. The molecule has 2 aromatic rings. The third kappa shape index (κ3) is 2.99. The number of aromatic nitrogens is 1. The van der Waals surface area contributed by atoms with E-state index < -0.39 is 11.9 Å². The fourth-order valence-electron chi connectivity index (χ4n) is 4.25. The van der Waals surface area contributed by atoms with Crippen LogP contribution in [0.15, 0.2) is 36.5 Å². The number of nitrogens with zero attached hydrogens (tertiary/aromatic N) is 3. The first-order valence-corrected chi connectivity index (χ1v) is 9.81. The van der Waals surface area contributed by atoms with Crippen LogP contribution in [0.1, 0.15) is 34.3 Å². The maximum absolute atomic E-state index is 12.8. The first-order chi connectivity index (χ1) is 14.5. The summed E-state index contributed by atoms with van der Waals surface area (Å²) in [7, 11) is 0. The molecule has 0 bridgehead atoms. The summed E-state index contributed by atoms with van der Waals surface area (Å²) in [4.78, 5) is 56.4. The monoisotopic (exact) mass is 405 g/mol. The van der Waals surface area contributed by atoms with E-state index >= 15 is 0 Å². The molecular weight excluding hydrogens is 386 g/mol. The number of amides is 5. The van der Waals surface area contributed by atoms with Crippen LogP contribution in [-0.4, -0.2) is 46.2 Å². The van der Waals surface area contributed by atoms with Gasteiger partial charge in [-0.2, -0.15) is 0 Å². The standard InChI is InChI=1S/C21H19N5O4/c27-17-6-5-16(19(28)24-17)26-11-13-10-14(3-4-15(13)20(26)29)23-21(30)25-9-7-12-2-1-8-22-18(12)25/h1-4,8,10,16H,5-7,9,11H2,(H,23,30)(H,24,27,28). The fourth-order valence-corrected chi connectivity index (χ4v) is 4.25. The Hall–Kier alpha value is -3.75. The lowest BCUT2D eigenvalue weighted by molar-refractivity contribution is -0.136. The molecule has 1 aromatic carbocycles. The molecule has 1 saturated heterocycles. The Morgan fingerprint density at radius 3 is 2.83 bits per heavy atom. The van der Waals surface area contributed by atoms with Gasteiger partial charge in [-0.1, -0.05) is 6.07 Å². The smallest absolute Gasteiger partial charge is 0.322 e. The summed E-state index contributed by atoms with van der Waals surface area (Å²) in [6.45, 7) is 0.823. The fraction of sp³-hybridized carbons (Fsp3) is 0.286. The van der Waals surface area contributed by atoms with Crippen LogP contribution in [0.4, 0.5) is 16.3 Å². The van der Waals surface area contributed by atoms with Crippen molar-refractivity contribution in [1.29, 1.82) is 0 Å². The van der Waals surface area contributed by atoms with E-state index in [9.17, 15) is 19.2 Å². The number of benzene rings is 1. The zero-order valence-electron chi connectivity index (χ0n) is 16.1. The largest absolute Gasteiger partial charge is 0.327 e. The molecule has 1 aromatic heterocycles. The molecule has 4 heterocycles. The molecule has 1 atom stereocenters. The van der Waals surface area contributed by atoms with Crippen LogP contribution >= 0.6 is 0 Å². The third-order valence-corrected chi connectivity index (χ3v) is 5.75. The second-order valence-electron chi connectivity index (χ2n) is 7.59. The molecule has 9 heteroatoms. The molecule has 0 spiro atoms. The Balaban J connectivity index is 1.32. The highest BCUT2D eigenvalue weighted by molar-refractivity contribution is 6.06. The molecule has 5 rings (SSSR count). The SMILES string of the molecule is O=C1CCC(N2Cc3cc(NC(=O)N4CCc5cccnc54)ccc3C2=O)C(=O)N1. The minimum absolute atomic E-state index is 0.211. The van der Waals surface area contributed by atoms with E-state index in [1.807, 2.05) is 12.1 Å². The molecule has 0 saturated carbocycles. The molecule has 1 fully saturated rings. The molecule has 9 nitrogen and oxygen atoms in total. The van der Waals surface area contributed by atoms with Crippen molar-refractivity contribution in [2.75, 3.05) is 16.8 Å². The topological polar surface area (TPSA) is 112 Å². The lowest BCUT2D eigenvalue weighted by Crippen LogP contribution is -2.52. The minimum Gasteiger partial charge on any atom is -0.322 e. The van der Waals surface area contributed by atoms with Crippen molar-refractivity contribution < 1.29 is 19.2 Å². The number of imide groups is 1.